The highest BCUT2D eigenvalue weighted by Gasteiger charge is 2.28. The molecular weight excluding hydrogens is 206 g/mol. The number of nitrogens with one attached hydrogen (secondary N) is 1. The van der Waals surface area contributed by atoms with Crippen molar-refractivity contribution < 1.29 is 9.53 Å². The van der Waals surface area contributed by atoms with E-state index in [-0.39, 0.29) is 5.97 Å². The van der Waals surface area contributed by atoms with Crippen LogP contribution < -0.4 is 5.32 Å². The van der Waals surface area contributed by atoms with E-state index in [4.69, 9.17) is 4.74 Å². The molecule has 0 atom stereocenters. The van der Waals surface area contributed by atoms with Gasteiger partial charge in [-0.2, -0.15) is 5.10 Å². The minimum absolute atomic E-state index is 0.221. The third-order valence-electron chi connectivity index (χ3n) is 2.47. The van der Waals surface area contributed by atoms with Gasteiger partial charge in [-0.25, -0.2) is 0 Å². The van der Waals surface area contributed by atoms with Crippen LogP contribution in [-0.2, 0) is 16.6 Å². The Hall–Kier alpha value is -1.52. The van der Waals surface area contributed by atoms with Crippen LogP contribution in [-0.4, -0.2) is 29.4 Å². The molecule has 0 saturated carbocycles. The van der Waals surface area contributed by atoms with E-state index in [9.17, 15) is 4.79 Å². The molecule has 1 aromatic rings. The Morgan fingerprint density at radius 3 is 2.69 bits per heavy atom. The summed E-state index contributed by atoms with van der Waals surface area (Å²) >= 11 is 0. The van der Waals surface area contributed by atoms with E-state index in [2.05, 4.69) is 10.4 Å². The van der Waals surface area contributed by atoms with Gasteiger partial charge in [0.25, 0.3) is 0 Å². The average Bonchev–Trinajstić information content (AvgIpc) is 2.53. The van der Waals surface area contributed by atoms with Crippen LogP contribution in [0.3, 0.4) is 0 Å². The highest BCUT2D eigenvalue weighted by molar-refractivity contribution is 5.76. The molecule has 5 heteroatoms. The number of carbonyl (C=O) groups is 1. The van der Waals surface area contributed by atoms with Gasteiger partial charge in [-0.05, 0) is 20.8 Å². The predicted molar refractivity (Wildman–Crippen MR) is 62.2 cm³/mol. The van der Waals surface area contributed by atoms with Crippen molar-refractivity contribution in [1.82, 2.24) is 9.78 Å². The quantitative estimate of drug-likeness (QED) is 0.786. The minimum atomic E-state index is -0.545. The number of ether oxygens (including phenoxy) is 1. The molecule has 1 aromatic heterocycles. The lowest BCUT2D eigenvalue weighted by Crippen LogP contribution is -2.33. The third-order valence-corrected chi connectivity index (χ3v) is 2.47. The van der Waals surface area contributed by atoms with Gasteiger partial charge >= 0.3 is 5.97 Å². The first-order chi connectivity index (χ1) is 7.36. The number of hydrogen-bond acceptors (Lipinski definition) is 4. The molecule has 0 bridgehead atoms. The van der Waals surface area contributed by atoms with Gasteiger partial charge in [-0.3, -0.25) is 9.48 Å². The maximum atomic E-state index is 11.5. The van der Waals surface area contributed by atoms with Gasteiger partial charge in [0.2, 0.25) is 0 Å². The Balaban J connectivity index is 2.64. The Kier molecular flexibility index (Phi) is 3.57. The molecule has 0 amide bonds. The average molecular weight is 225 g/mol. The summed E-state index contributed by atoms with van der Waals surface area (Å²) in [4.78, 5) is 11.5. The van der Waals surface area contributed by atoms with Crippen LogP contribution in [0.15, 0.2) is 6.20 Å². The number of carbonyl (C=O) groups excluding carboxylic acids is 1. The molecule has 0 radical (unpaired) electrons. The van der Waals surface area contributed by atoms with E-state index < -0.39 is 5.41 Å². The first kappa shape index (κ1) is 12.5. The normalized spacial score (nSPS) is 11.3. The van der Waals surface area contributed by atoms with Gasteiger partial charge < -0.3 is 10.1 Å². The van der Waals surface area contributed by atoms with Crippen LogP contribution in [0.5, 0.6) is 0 Å². The summed E-state index contributed by atoms with van der Waals surface area (Å²) in [7, 11) is 3.27. The van der Waals surface area contributed by atoms with Gasteiger partial charge in [-0.15, -0.1) is 0 Å². The van der Waals surface area contributed by atoms with Crippen LogP contribution in [0.1, 0.15) is 19.5 Å². The predicted octanol–water partition coefficient (Wildman–Crippen LogP) is 1.34. The maximum absolute atomic E-state index is 11.5. The summed E-state index contributed by atoms with van der Waals surface area (Å²) in [5.74, 6) is -0.221. The number of aromatic nitrogens is 2. The molecule has 0 fully saturated rings. The second-order valence-corrected chi connectivity index (χ2v) is 4.53. The molecule has 1 rings (SSSR count). The summed E-state index contributed by atoms with van der Waals surface area (Å²) in [5.41, 5.74) is 1.32. The molecular formula is C11H19N3O2. The molecule has 90 valence electrons. The van der Waals surface area contributed by atoms with E-state index in [0.717, 1.165) is 11.4 Å². The largest absolute Gasteiger partial charge is 0.469 e. The van der Waals surface area contributed by atoms with Crippen molar-refractivity contribution in [2.75, 3.05) is 19.0 Å². The molecule has 1 heterocycles. The summed E-state index contributed by atoms with van der Waals surface area (Å²) in [5, 5.41) is 7.42. The molecule has 0 aliphatic carbocycles. The van der Waals surface area contributed by atoms with Crippen molar-refractivity contribution in [3.05, 3.63) is 11.9 Å². The maximum Gasteiger partial charge on any atom is 0.313 e. The Morgan fingerprint density at radius 2 is 2.25 bits per heavy atom. The van der Waals surface area contributed by atoms with Crippen molar-refractivity contribution in [1.29, 1.82) is 0 Å². The molecule has 5 nitrogen and oxygen atoms in total. The smallest absolute Gasteiger partial charge is 0.313 e. The highest BCUT2D eigenvalue weighted by atomic mass is 16.5. The Morgan fingerprint density at radius 1 is 1.62 bits per heavy atom. The monoisotopic (exact) mass is 225 g/mol. The van der Waals surface area contributed by atoms with E-state index in [0.29, 0.717) is 6.54 Å². The molecule has 1 N–H and O–H groups in total. The third kappa shape index (κ3) is 2.74. The molecule has 0 aliphatic rings. The van der Waals surface area contributed by atoms with E-state index >= 15 is 0 Å². The van der Waals surface area contributed by atoms with Crippen LogP contribution >= 0.6 is 0 Å². The van der Waals surface area contributed by atoms with E-state index in [1.807, 2.05) is 34.0 Å². The van der Waals surface area contributed by atoms with Gasteiger partial charge in [-0.1, -0.05) is 0 Å². The Labute approximate surface area is 95.8 Å². The topological polar surface area (TPSA) is 56.1 Å². The second kappa shape index (κ2) is 4.55. The fourth-order valence-electron chi connectivity index (χ4n) is 1.44. The molecule has 0 aliphatic heterocycles. The van der Waals surface area contributed by atoms with Crippen molar-refractivity contribution >= 4 is 11.7 Å². The number of anilines is 1. The number of hydrogen-bond donors (Lipinski definition) is 1. The fraction of sp³-hybridized carbons (Fsp3) is 0.636. The number of esters is 1. The number of methoxy groups -OCH3 is 1. The van der Waals surface area contributed by atoms with Crippen molar-refractivity contribution in [2.45, 2.75) is 20.8 Å². The van der Waals surface area contributed by atoms with Crippen LogP contribution in [0.2, 0.25) is 0 Å². The van der Waals surface area contributed by atoms with Crippen molar-refractivity contribution in [2.24, 2.45) is 12.5 Å². The summed E-state index contributed by atoms with van der Waals surface area (Å²) in [6, 6.07) is 0. The van der Waals surface area contributed by atoms with E-state index in [1.54, 1.807) is 4.68 Å². The lowest BCUT2D eigenvalue weighted by Gasteiger charge is -2.22. The fourth-order valence-corrected chi connectivity index (χ4v) is 1.44. The van der Waals surface area contributed by atoms with Gasteiger partial charge in [0.1, 0.15) is 0 Å². The lowest BCUT2D eigenvalue weighted by molar-refractivity contribution is -0.149. The molecule has 0 unspecified atom stereocenters. The molecule has 0 aromatic carbocycles. The summed E-state index contributed by atoms with van der Waals surface area (Å²) in [6.07, 6.45) is 1.89. The molecule has 0 saturated heterocycles. The standard InChI is InChI=1S/C11H19N3O2/c1-8-9(6-14(4)13-8)12-7-11(2,3)10(15)16-5/h6,12H,7H2,1-5H3. The van der Waals surface area contributed by atoms with E-state index in [1.165, 1.54) is 7.11 Å². The molecule has 16 heavy (non-hydrogen) atoms. The summed E-state index contributed by atoms with van der Waals surface area (Å²) < 4.78 is 6.48. The number of nitrogens with zero attached hydrogens (tertiary/aromatic N) is 2. The minimum Gasteiger partial charge on any atom is -0.469 e. The highest BCUT2D eigenvalue weighted by Crippen LogP contribution is 2.19. The lowest BCUT2D eigenvalue weighted by atomic mass is 9.94. The first-order valence-corrected chi connectivity index (χ1v) is 5.19. The van der Waals surface area contributed by atoms with Crippen LogP contribution in [0, 0.1) is 12.3 Å². The van der Waals surface area contributed by atoms with Crippen molar-refractivity contribution in [3.63, 3.8) is 0 Å². The zero-order valence-corrected chi connectivity index (χ0v) is 10.5. The number of aryl methyl sites for hydroxylation is 2. The second-order valence-electron chi connectivity index (χ2n) is 4.53. The van der Waals surface area contributed by atoms with Crippen molar-refractivity contribution in [3.8, 4) is 0 Å². The number of rotatable bonds is 4. The van der Waals surface area contributed by atoms with Gasteiger partial charge in [0, 0.05) is 19.8 Å². The van der Waals surface area contributed by atoms with Crippen LogP contribution in [0.4, 0.5) is 5.69 Å². The Bertz CT molecular complexity index is 383. The van der Waals surface area contributed by atoms with Crippen LogP contribution in [0.25, 0.3) is 0 Å². The summed E-state index contributed by atoms with van der Waals surface area (Å²) in [6.45, 7) is 6.13. The SMILES string of the molecule is COC(=O)C(C)(C)CNc1cn(C)nc1C. The molecule has 0 spiro atoms. The van der Waals surface area contributed by atoms with Gasteiger partial charge in [0.15, 0.2) is 0 Å². The first-order valence-electron chi connectivity index (χ1n) is 5.19. The zero-order valence-electron chi connectivity index (χ0n) is 10.5. The van der Waals surface area contributed by atoms with Gasteiger partial charge in [0.05, 0.1) is 23.9 Å². The zero-order chi connectivity index (χ0) is 12.3.